The van der Waals surface area contributed by atoms with Gasteiger partial charge in [-0.2, -0.15) is 0 Å². The minimum atomic E-state index is -1.15. The normalized spacial score (nSPS) is 22.3. The summed E-state index contributed by atoms with van der Waals surface area (Å²) in [6.07, 6.45) is 2.23. The van der Waals surface area contributed by atoms with Crippen LogP contribution in [-0.2, 0) is 4.74 Å². The minimum absolute atomic E-state index is 0.0357. The summed E-state index contributed by atoms with van der Waals surface area (Å²) in [5.74, 6) is 0. The van der Waals surface area contributed by atoms with Gasteiger partial charge in [0.25, 0.3) is 0 Å². The number of piperidine rings is 1. The van der Waals surface area contributed by atoms with Crippen molar-refractivity contribution in [1.29, 1.82) is 0 Å². The summed E-state index contributed by atoms with van der Waals surface area (Å²) in [6.45, 7) is 5.90. The number of alkyl halides is 1. The van der Waals surface area contributed by atoms with Crippen molar-refractivity contribution in [2.24, 2.45) is 0 Å². The lowest BCUT2D eigenvalue weighted by Gasteiger charge is -2.36. The average Bonchev–Trinajstić information content (AvgIpc) is 2.39. The number of hydrogen-bond donors (Lipinski definition) is 1. The van der Waals surface area contributed by atoms with Gasteiger partial charge in [0.2, 0.25) is 0 Å². The Morgan fingerprint density at radius 3 is 2.82 bits per heavy atom. The van der Waals surface area contributed by atoms with E-state index in [0.717, 1.165) is 10.2 Å². The van der Waals surface area contributed by atoms with E-state index in [4.69, 9.17) is 4.74 Å². The lowest BCUT2D eigenvalue weighted by molar-refractivity contribution is 0.0125. The van der Waals surface area contributed by atoms with Crippen molar-refractivity contribution in [1.82, 2.24) is 9.88 Å². The number of ether oxygens (including phenoxy) is 1. The summed E-state index contributed by atoms with van der Waals surface area (Å²) in [5, 5.41) is 3.13. The molecule has 1 N–H and O–H groups in total. The predicted octanol–water partition coefficient (Wildman–Crippen LogP) is 3.60. The number of likely N-dealkylation sites (tertiary alicyclic amines) is 1. The third kappa shape index (κ3) is 4.83. The molecule has 0 aromatic carbocycles. The third-order valence-electron chi connectivity index (χ3n) is 3.25. The zero-order chi connectivity index (χ0) is 16.3. The van der Waals surface area contributed by atoms with Gasteiger partial charge in [-0.05, 0) is 49.2 Å². The van der Waals surface area contributed by atoms with Crippen LogP contribution < -0.4 is 5.32 Å². The van der Waals surface area contributed by atoms with Crippen LogP contribution in [0.25, 0.3) is 0 Å². The number of nitrogens with one attached hydrogen (secondary N) is 1. The molecule has 122 valence electrons. The molecule has 1 aromatic heterocycles. The molecular weight excluding hydrogens is 353 g/mol. The molecule has 2 rings (SSSR count). The Balaban J connectivity index is 1.91. The van der Waals surface area contributed by atoms with Crippen molar-refractivity contribution in [3.05, 3.63) is 22.9 Å². The van der Waals surface area contributed by atoms with Gasteiger partial charge in [-0.3, -0.25) is 4.98 Å². The molecule has 0 aliphatic carbocycles. The van der Waals surface area contributed by atoms with E-state index >= 15 is 0 Å². The van der Waals surface area contributed by atoms with Gasteiger partial charge in [0, 0.05) is 17.2 Å². The van der Waals surface area contributed by atoms with Crippen LogP contribution in [0.5, 0.6) is 0 Å². The van der Waals surface area contributed by atoms with Gasteiger partial charge in [-0.25, -0.2) is 9.18 Å². The highest BCUT2D eigenvalue weighted by atomic mass is 79.9. The second-order valence-corrected chi connectivity index (χ2v) is 7.29. The number of anilines is 1. The molecule has 0 bridgehead atoms. The second kappa shape index (κ2) is 6.81. The standard InChI is InChI=1S/C15H21BrFN3O2/c1-15(2,3)22-14(21)20-5-4-13(12(17)9-20)19-11-6-10(16)7-18-8-11/h6-8,12-13,19H,4-5,9H2,1-3H3/t12-,13?/m0/s1. The second-order valence-electron chi connectivity index (χ2n) is 6.37. The van der Waals surface area contributed by atoms with E-state index in [1.165, 1.54) is 4.90 Å². The Bertz CT molecular complexity index is 536. The van der Waals surface area contributed by atoms with E-state index in [1.54, 1.807) is 33.2 Å². The van der Waals surface area contributed by atoms with Gasteiger partial charge in [-0.15, -0.1) is 0 Å². The summed E-state index contributed by atoms with van der Waals surface area (Å²) >= 11 is 3.33. The summed E-state index contributed by atoms with van der Waals surface area (Å²) in [7, 11) is 0. The van der Waals surface area contributed by atoms with Gasteiger partial charge < -0.3 is 15.0 Å². The molecule has 22 heavy (non-hydrogen) atoms. The van der Waals surface area contributed by atoms with Crippen LogP contribution in [0.2, 0.25) is 0 Å². The average molecular weight is 374 g/mol. The zero-order valence-electron chi connectivity index (χ0n) is 13.0. The molecule has 1 aromatic rings. The van der Waals surface area contributed by atoms with Crippen molar-refractivity contribution in [3.8, 4) is 0 Å². The SMILES string of the molecule is CC(C)(C)OC(=O)N1CCC(Nc2cncc(Br)c2)[C@@H](F)C1. The molecule has 0 saturated carbocycles. The van der Waals surface area contributed by atoms with E-state index in [2.05, 4.69) is 26.2 Å². The monoisotopic (exact) mass is 373 g/mol. The molecule has 1 aliphatic rings. The topological polar surface area (TPSA) is 54.5 Å². The van der Waals surface area contributed by atoms with Crippen molar-refractivity contribution in [3.63, 3.8) is 0 Å². The number of halogens is 2. The van der Waals surface area contributed by atoms with Gasteiger partial charge in [0.15, 0.2) is 0 Å². The van der Waals surface area contributed by atoms with Gasteiger partial charge >= 0.3 is 6.09 Å². The highest BCUT2D eigenvalue weighted by Crippen LogP contribution is 2.22. The van der Waals surface area contributed by atoms with Crippen LogP contribution in [0.4, 0.5) is 14.9 Å². The van der Waals surface area contributed by atoms with Crippen LogP contribution in [0.1, 0.15) is 27.2 Å². The van der Waals surface area contributed by atoms with E-state index in [-0.39, 0.29) is 12.6 Å². The number of carbonyl (C=O) groups excluding carboxylic acids is 1. The van der Waals surface area contributed by atoms with Crippen LogP contribution in [0.15, 0.2) is 22.9 Å². The van der Waals surface area contributed by atoms with Crippen molar-refractivity contribution >= 4 is 27.7 Å². The van der Waals surface area contributed by atoms with Crippen LogP contribution in [0, 0.1) is 0 Å². The molecule has 1 aliphatic heterocycles. The molecule has 1 fully saturated rings. The van der Waals surface area contributed by atoms with Crippen LogP contribution >= 0.6 is 15.9 Å². The Labute approximate surface area is 138 Å². The first kappa shape index (κ1) is 17.0. The first-order chi connectivity index (χ1) is 10.2. The summed E-state index contributed by atoms with van der Waals surface area (Å²) < 4.78 is 20.4. The molecule has 1 unspecified atom stereocenters. The predicted molar refractivity (Wildman–Crippen MR) is 86.7 cm³/mol. The molecule has 2 atom stereocenters. The number of hydrogen-bond acceptors (Lipinski definition) is 4. The van der Waals surface area contributed by atoms with Crippen molar-refractivity contribution < 1.29 is 13.9 Å². The number of pyridine rings is 1. The first-order valence-electron chi connectivity index (χ1n) is 7.24. The fourth-order valence-corrected chi connectivity index (χ4v) is 2.63. The Hall–Kier alpha value is -1.37. The lowest BCUT2D eigenvalue weighted by atomic mass is 10.0. The molecule has 1 saturated heterocycles. The maximum atomic E-state index is 14.3. The minimum Gasteiger partial charge on any atom is -0.444 e. The fraction of sp³-hybridized carbons (Fsp3) is 0.600. The molecule has 0 radical (unpaired) electrons. The number of aromatic nitrogens is 1. The number of amides is 1. The maximum Gasteiger partial charge on any atom is 0.410 e. The molecule has 0 spiro atoms. The molecule has 2 heterocycles. The first-order valence-corrected chi connectivity index (χ1v) is 8.03. The zero-order valence-corrected chi connectivity index (χ0v) is 14.6. The molecule has 1 amide bonds. The molecule has 7 heteroatoms. The number of carbonyl (C=O) groups is 1. The highest BCUT2D eigenvalue weighted by Gasteiger charge is 2.33. The summed E-state index contributed by atoms with van der Waals surface area (Å²) in [5.41, 5.74) is 0.188. The lowest BCUT2D eigenvalue weighted by Crippen LogP contribution is -2.51. The van der Waals surface area contributed by atoms with E-state index in [1.807, 2.05) is 6.07 Å². The smallest absolute Gasteiger partial charge is 0.410 e. The van der Waals surface area contributed by atoms with Gasteiger partial charge in [0.05, 0.1) is 24.5 Å². The van der Waals surface area contributed by atoms with E-state index in [9.17, 15) is 9.18 Å². The Morgan fingerprint density at radius 1 is 1.50 bits per heavy atom. The Morgan fingerprint density at radius 2 is 2.23 bits per heavy atom. The van der Waals surface area contributed by atoms with Crippen LogP contribution in [-0.4, -0.2) is 46.9 Å². The molecular formula is C15H21BrFN3O2. The van der Waals surface area contributed by atoms with Crippen molar-refractivity contribution in [2.45, 2.75) is 45.0 Å². The number of rotatable bonds is 2. The van der Waals surface area contributed by atoms with Gasteiger partial charge in [0.1, 0.15) is 11.8 Å². The summed E-state index contributed by atoms with van der Waals surface area (Å²) in [6, 6.07) is 1.51. The Kier molecular flexibility index (Phi) is 5.26. The quantitative estimate of drug-likeness (QED) is 0.860. The maximum absolute atomic E-state index is 14.3. The van der Waals surface area contributed by atoms with Gasteiger partial charge in [-0.1, -0.05) is 0 Å². The number of nitrogens with zero attached hydrogens (tertiary/aromatic N) is 2. The van der Waals surface area contributed by atoms with E-state index in [0.29, 0.717) is 13.0 Å². The highest BCUT2D eigenvalue weighted by molar-refractivity contribution is 9.10. The fourth-order valence-electron chi connectivity index (χ4n) is 2.26. The third-order valence-corrected chi connectivity index (χ3v) is 3.68. The van der Waals surface area contributed by atoms with Crippen LogP contribution in [0.3, 0.4) is 0 Å². The molecule has 5 nitrogen and oxygen atoms in total. The summed E-state index contributed by atoms with van der Waals surface area (Å²) in [4.78, 5) is 17.4. The van der Waals surface area contributed by atoms with E-state index < -0.39 is 17.9 Å². The van der Waals surface area contributed by atoms with Crippen molar-refractivity contribution in [2.75, 3.05) is 18.4 Å². The largest absolute Gasteiger partial charge is 0.444 e.